The average Bonchev–Trinajstić information content (AvgIpc) is 3.44. The van der Waals surface area contributed by atoms with Gasteiger partial charge in [0.05, 0.1) is 25.5 Å². The van der Waals surface area contributed by atoms with Crippen molar-refractivity contribution in [3.63, 3.8) is 0 Å². The molecular weight excluding hydrogens is 406 g/mol. The van der Waals surface area contributed by atoms with Crippen molar-refractivity contribution in [1.29, 1.82) is 0 Å². The molecule has 0 radical (unpaired) electrons. The minimum atomic E-state index is -0.128. The molecule has 0 spiro atoms. The normalized spacial score (nSPS) is 10.8. The van der Waals surface area contributed by atoms with Gasteiger partial charge in [-0.05, 0) is 59.2 Å². The number of nitrogens with one attached hydrogen (secondary N) is 1. The maximum absolute atomic E-state index is 12.6. The number of hydrogen-bond donors (Lipinski definition) is 1. The molecule has 2 aromatic heterocycles. The summed E-state index contributed by atoms with van der Waals surface area (Å²) in [7, 11) is 1.64. The Hall–Kier alpha value is -4.01. The van der Waals surface area contributed by atoms with Crippen LogP contribution >= 0.6 is 0 Å². The molecule has 32 heavy (non-hydrogen) atoms. The minimum Gasteiger partial charge on any atom is -0.497 e. The first-order chi connectivity index (χ1) is 15.5. The van der Waals surface area contributed by atoms with E-state index in [4.69, 9.17) is 4.74 Å². The smallest absolute Gasteiger partial charge is 0.225 e. The number of aryl methyl sites for hydroxylation is 2. The van der Waals surface area contributed by atoms with Gasteiger partial charge >= 0.3 is 0 Å². The van der Waals surface area contributed by atoms with Crippen LogP contribution in [-0.4, -0.2) is 43.0 Å². The van der Waals surface area contributed by atoms with Crippen LogP contribution < -0.4 is 10.1 Å². The summed E-state index contributed by atoms with van der Waals surface area (Å²) in [6.07, 6.45) is 2.33. The number of carbonyl (C=O) groups excluding carboxylic acids is 1. The lowest BCUT2D eigenvalue weighted by atomic mass is 10.1. The lowest BCUT2D eigenvalue weighted by Gasteiger charge is -2.11. The number of methoxy groups -OCH3 is 1. The molecule has 0 saturated heterocycles. The summed E-state index contributed by atoms with van der Waals surface area (Å²) in [4.78, 5) is 12.6. The van der Waals surface area contributed by atoms with Crippen LogP contribution in [0.3, 0.4) is 0 Å². The van der Waals surface area contributed by atoms with Gasteiger partial charge in [0.25, 0.3) is 0 Å². The number of anilines is 1. The summed E-state index contributed by atoms with van der Waals surface area (Å²) in [5, 5.41) is 19.3. The molecule has 0 aliphatic heterocycles. The maximum Gasteiger partial charge on any atom is 0.225 e. The topological polar surface area (TPSA) is 99.8 Å². The van der Waals surface area contributed by atoms with Crippen LogP contribution in [0.15, 0.2) is 54.7 Å². The van der Waals surface area contributed by atoms with E-state index in [0.717, 1.165) is 28.1 Å². The number of benzene rings is 2. The van der Waals surface area contributed by atoms with Gasteiger partial charge in [-0.1, -0.05) is 24.3 Å². The van der Waals surface area contributed by atoms with E-state index in [1.165, 1.54) is 0 Å². The van der Waals surface area contributed by atoms with Gasteiger partial charge in [-0.2, -0.15) is 9.78 Å². The second kappa shape index (κ2) is 9.42. The molecule has 0 bridgehead atoms. The van der Waals surface area contributed by atoms with Gasteiger partial charge in [0.2, 0.25) is 5.91 Å². The van der Waals surface area contributed by atoms with Crippen LogP contribution in [0.25, 0.3) is 5.69 Å². The molecule has 0 atom stereocenters. The fraction of sp³-hybridized carbons (Fsp3) is 0.261. The van der Waals surface area contributed by atoms with Crippen molar-refractivity contribution in [3.8, 4) is 11.4 Å². The lowest BCUT2D eigenvalue weighted by molar-refractivity contribution is -0.116. The molecular formula is C23H25N7O2. The van der Waals surface area contributed by atoms with E-state index in [1.54, 1.807) is 28.7 Å². The molecule has 0 aliphatic carbocycles. The van der Waals surface area contributed by atoms with Crippen molar-refractivity contribution >= 4 is 11.7 Å². The molecule has 1 amide bonds. The van der Waals surface area contributed by atoms with Crippen LogP contribution in [0.1, 0.15) is 28.9 Å². The Morgan fingerprint density at radius 1 is 1.09 bits per heavy atom. The zero-order valence-electron chi connectivity index (χ0n) is 18.3. The quantitative estimate of drug-likeness (QED) is 0.460. The van der Waals surface area contributed by atoms with Crippen molar-refractivity contribution in [3.05, 3.63) is 77.2 Å². The summed E-state index contributed by atoms with van der Waals surface area (Å²) in [5.41, 5.74) is 4.24. The summed E-state index contributed by atoms with van der Waals surface area (Å²) >= 11 is 0. The highest BCUT2D eigenvalue weighted by atomic mass is 16.5. The van der Waals surface area contributed by atoms with Crippen LogP contribution in [-0.2, 0) is 17.8 Å². The monoisotopic (exact) mass is 431 g/mol. The van der Waals surface area contributed by atoms with Crippen molar-refractivity contribution in [2.24, 2.45) is 0 Å². The highest BCUT2D eigenvalue weighted by molar-refractivity contribution is 5.89. The molecule has 1 N–H and O–H groups in total. The van der Waals surface area contributed by atoms with Crippen molar-refractivity contribution in [2.75, 3.05) is 12.4 Å². The van der Waals surface area contributed by atoms with E-state index in [9.17, 15) is 4.79 Å². The van der Waals surface area contributed by atoms with Gasteiger partial charge in [-0.25, -0.2) is 4.68 Å². The number of nitrogens with zero attached hydrogens (tertiary/aromatic N) is 6. The molecule has 9 nitrogen and oxygen atoms in total. The summed E-state index contributed by atoms with van der Waals surface area (Å²) in [5.74, 6) is 1.95. The van der Waals surface area contributed by atoms with E-state index < -0.39 is 0 Å². The summed E-state index contributed by atoms with van der Waals surface area (Å²) in [6.45, 7) is 4.62. The molecule has 0 fully saturated rings. The van der Waals surface area contributed by atoms with E-state index in [-0.39, 0.29) is 12.3 Å². The highest BCUT2D eigenvalue weighted by Crippen LogP contribution is 2.18. The Bertz CT molecular complexity index is 1210. The Morgan fingerprint density at radius 2 is 1.91 bits per heavy atom. The largest absolute Gasteiger partial charge is 0.497 e. The predicted octanol–water partition coefficient (Wildman–Crippen LogP) is 3.10. The van der Waals surface area contributed by atoms with Crippen molar-refractivity contribution in [2.45, 2.75) is 33.2 Å². The number of tetrazole rings is 1. The SMILES string of the molecule is COc1ccc(Cn2nccc2NC(=O)CCc2nnnn2-c2cccc(C)c2C)cc1. The fourth-order valence-corrected chi connectivity index (χ4v) is 3.41. The number of ether oxygens (including phenoxy) is 1. The number of hydrogen-bond acceptors (Lipinski definition) is 6. The Labute approximate surface area is 186 Å². The number of amides is 1. The third kappa shape index (κ3) is 4.66. The van der Waals surface area contributed by atoms with Gasteiger partial charge in [0.15, 0.2) is 5.82 Å². The van der Waals surface area contributed by atoms with Crippen LogP contribution in [0.2, 0.25) is 0 Å². The first-order valence-corrected chi connectivity index (χ1v) is 10.3. The van der Waals surface area contributed by atoms with E-state index in [0.29, 0.717) is 24.6 Å². The third-order valence-corrected chi connectivity index (χ3v) is 5.39. The zero-order chi connectivity index (χ0) is 22.5. The molecule has 0 aliphatic rings. The van der Waals surface area contributed by atoms with E-state index in [2.05, 4.69) is 25.9 Å². The Kier molecular flexibility index (Phi) is 6.25. The molecule has 164 valence electrons. The molecule has 0 saturated carbocycles. The second-order valence-electron chi connectivity index (χ2n) is 7.50. The van der Waals surface area contributed by atoms with Crippen LogP contribution in [0.5, 0.6) is 5.75 Å². The minimum absolute atomic E-state index is 0.128. The van der Waals surface area contributed by atoms with Crippen molar-refractivity contribution in [1.82, 2.24) is 30.0 Å². The van der Waals surface area contributed by atoms with E-state index in [1.807, 2.05) is 56.3 Å². The standard InChI is InChI=1S/C23H25N7O2/c1-16-5-4-6-20(17(16)2)30-22(26-27-28-30)11-12-23(31)25-21-13-14-24-29(21)15-18-7-9-19(32-3)10-8-18/h4-10,13-14H,11-12,15H2,1-3H3,(H,25,31). The molecule has 4 rings (SSSR count). The number of carbonyl (C=O) groups is 1. The molecule has 9 heteroatoms. The third-order valence-electron chi connectivity index (χ3n) is 5.39. The zero-order valence-corrected chi connectivity index (χ0v) is 18.3. The highest BCUT2D eigenvalue weighted by Gasteiger charge is 2.14. The Morgan fingerprint density at radius 3 is 2.69 bits per heavy atom. The van der Waals surface area contributed by atoms with Gasteiger partial charge < -0.3 is 10.1 Å². The van der Waals surface area contributed by atoms with Crippen LogP contribution in [0, 0.1) is 13.8 Å². The van der Waals surface area contributed by atoms with Crippen LogP contribution in [0.4, 0.5) is 5.82 Å². The molecule has 0 unspecified atom stereocenters. The second-order valence-corrected chi connectivity index (χ2v) is 7.50. The number of rotatable bonds is 8. The van der Waals surface area contributed by atoms with Crippen molar-refractivity contribution < 1.29 is 9.53 Å². The Balaban J connectivity index is 1.39. The van der Waals surface area contributed by atoms with Gasteiger partial charge in [0, 0.05) is 18.9 Å². The summed E-state index contributed by atoms with van der Waals surface area (Å²) in [6, 6.07) is 15.5. The fourth-order valence-electron chi connectivity index (χ4n) is 3.41. The average molecular weight is 432 g/mol. The van der Waals surface area contributed by atoms with Gasteiger partial charge in [-0.15, -0.1) is 5.10 Å². The number of aromatic nitrogens is 6. The molecule has 4 aromatic rings. The van der Waals surface area contributed by atoms with E-state index >= 15 is 0 Å². The first-order valence-electron chi connectivity index (χ1n) is 10.3. The van der Waals surface area contributed by atoms with Gasteiger partial charge in [-0.3, -0.25) is 4.79 Å². The molecule has 2 heterocycles. The maximum atomic E-state index is 12.6. The predicted molar refractivity (Wildman–Crippen MR) is 120 cm³/mol. The summed E-state index contributed by atoms with van der Waals surface area (Å²) < 4.78 is 8.64. The van der Waals surface area contributed by atoms with Gasteiger partial charge in [0.1, 0.15) is 11.6 Å². The molecule has 2 aromatic carbocycles. The first kappa shape index (κ1) is 21.2. The lowest BCUT2D eigenvalue weighted by Crippen LogP contribution is -2.17.